The van der Waals surface area contributed by atoms with Gasteiger partial charge in [0.25, 0.3) is 0 Å². The van der Waals surface area contributed by atoms with Gasteiger partial charge < -0.3 is 9.32 Å². The first-order valence-electron chi connectivity index (χ1n) is 15.2. The van der Waals surface area contributed by atoms with Gasteiger partial charge in [0.05, 0.1) is 5.41 Å². The zero-order valence-electron chi connectivity index (χ0n) is 24.2. The Morgan fingerprint density at radius 2 is 0.933 bits per heavy atom. The molecule has 0 N–H and O–H groups in total. The molecule has 3 heterocycles. The zero-order valence-corrected chi connectivity index (χ0v) is 24.2. The molecule has 0 bridgehead atoms. The number of pyridine rings is 2. The lowest BCUT2D eigenvalue weighted by Crippen LogP contribution is -2.25. The number of fused-ring (bicyclic) bond motifs is 13. The molecule has 10 rings (SSSR count). The summed E-state index contributed by atoms with van der Waals surface area (Å²) in [7, 11) is 0. The Kier molecular flexibility index (Phi) is 4.89. The van der Waals surface area contributed by atoms with Crippen LogP contribution < -0.4 is 4.90 Å². The number of benzene rings is 5. The van der Waals surface area contributed by atoms with Gasteiger partial charge in [0.15, 0.2) is 0 Å². The molecule has 0 fully saturated rings. The van der Waals surface area contributed by atoms with Gasteiger partial charge in [-0.15, -0.1) is 0 Å². The Morgan fingerprint density at radius 3 is 1.51 bits per heavy atom. The predicted octanol–water partition coefficient (Wildman–Crippen LogP) is 10.2. The lowest BCUT2D eigenvalue weighted by atomic mass is 9.70. The standard InChI is InChI=1S/C41H25N3O/c1-4-10-35-29(7-1)30-8-2-5-11-36(30)41(35)37-12-6-3-9-31(37)33-25-40-34(24-38(33)41)32-14-13-28(23-39(32)45-40)44(26-15-19-42-20-16-26)27-17-21-43-22-18-27/h1-25H. The van der Waals surface area contributed by atoms with Gasteiger partial charge in [0.2, 0.25) is 0 Å². The van der Waals surface area contributed by atoms with Crippen molar-refractivity contribution in [3.8, 4) is 22.3 Å². The monoisotopic (exact) mass is 575 g/mol. The Labute approximate surface area is 259 Å². The molecule has 0 radical (unpaired) electrons. The Balaban J connectivity index is 1.23. The topological polar surface area (TPSA) is 42.2 Å². The molecule has 4 heteroatoms. The van der Waals surface area contributed by atoms with Crippen LogP contribution in [0.3, 0.4) is 0 Å². The minimum absolute atomic E-state index is 0.379. The minimum atomic E-state index is -0.379. The summed E-state index contributed by atoms with van der Waals surface area (Å²) in [5.74, 6) is 0. The van der Waals surface area contributed by atoms with Crippen molar-refractivity contribution in [2.45, 2.75) is 5.41 Å². The van der Waals surface area contributed by atoms with E-state index in [9.17, 15) is 0 Å². The minimum Gasteiger partial charge on any atom is -0.456 e. The molecular formula is C41H25N3O. The second-order valence-electron chi connectivity index (χ2n) is 11.8. The largest absolute Gasteiger partial charge is 0.456 e. The highest BCUT2D eigenvalue weighted by Gasteiger charge is 2.51. The fraction of sp³-hybridized carbons (Fsp3) is 0.0244. The molecule has 0 amide bonds. The predicted molar refractivity (Wildman–Crippen MR) is 180 cm³/mol. The van der Waals surface area contributed by atoms with Gasteiger partial charge >= 0.3 is 0 Å². The summed E-state index contributed by atoms with van der Waals surface area (Å²) in [6, 6.07) is 46.0. The van der Waals surface area contributed by atoms with Crippen molar-refractivity contribution in [3.63, 3.8) is 0 Å². The van der Waals surface area contributed by atoms with Crippen molar-refractivity contribution in [1.82, 2.24) is 9.97 Å². The summed E-state index contributed by atoms with van der Waals surface area (Å²) in [6.45, 7) is 0. The lowest BCUT2D eigenvalue weighted by molar-refractivity contribution is 0.669. The molecule has 2 aliphatic carbocycles. The first kappa shape index (κ1) is 24.4. The number of aromatic nitrogens is 2. The first-order chi connectivity index (χ1) is 22.3. The van der Waals surface area contributed by atoms with Gasteiger partial charge in [-0.3, -0.25) is 9.97 Å². The quantitative estimate of drug-likeness (QED) is 0.210. The maximum absolute atomic E-state index is 6.69. The van der Waals surface area contributed by atoms with Crippen LogP contribution in [-0.2, 0) is 5.41 Å². The molecule has 8 aromatic rings. The Morgan fingerprint density at radius 1 is 0.422 bits per heavy atom. The van der Waals surface area contributed by atoms with Crippen LogP contribution in [0.2, 0.25) is 0 Å². The van der Waals surface area contributed by atoms with E-state index in [1.165, 1.54) is 44.5 Å². The van der Waals surface area contributed by atoms with Crippen LogP contribution in [0.25, 0.3) is 44.2 Å². The second kappa shape index (κ2) is 9.01. The number of hydrogen-bond donors (Lipinski definition) is 0. The maximum atomic E-state index is 6.69. The van der Waals surface area contributed by atoms with E-state index >= 15 is 0 Å². The van der Waals surface area contributed by atoms with E-state index in [0.29, 0.717) is 0 Å². The first-order valence-corrected chi connectivity index (χ1v) is 15.2. The van der Waals surface area contributed by atoms with Crippen LogP contribution in [0.5, 0.6) is 0 Å². The molecule has 4 nitrogen and oxygen atoms in total. The third-order valence-electron chi connectivity index (χ3n) is 9.67. The van der Waals surface area contributed by atoms with Crippen LogP contribution >= 0.6 is 0 Å². The fourth-order valence-electron chi connectivity index (χ4n) is 7.92. The number of furan rings is 1. The number of rotatable bonds is 3. The summed E-state index contributed by atoms with van der Waals surface area (Å²) in [5.41, 5.74) is 14.9. The highest BCUT2D eigenvalue weighted by atomic mass is 16.3. The smallest absolute Gasteiger partial charge is 0.137 e. The van der Waals surface area contributed by atoms with E-state index in [2.05, 4.69) is 118 Å². The average Bonchev–Trinajstić information content (AvgIpc) is 3.71. The van der Waals surface area contributed by atoms with Gasteiger partial charge in [0.1, 0.15) is 11.2 Å². The molecule has 210 valence electrons. The normalized spacial score (nSPS) is 13.5. The molecular weight excluding hydrogens is 550 g/mol. The average molecular weight is 576 g/mol. The van der Waals surface area contributed by atoms with Crippen molar-refractivity contribution >= 4 is 39.0 Å². The lowest BCUT2D eigenvalue weighted by Gasteiger charge is -2.30. The van der Waals surface area contributed by atoms with Crippen LogP contribution in [0.4, 0.5) is 17.1 Å². The van der Waals surface area contributed by atoms with Crippen molar-refractivity contribution in [3.05, 3.63) is 174 Å². The highest BCUT2D eigenvalue weighted by molar-refractivity contribution is 6.09. The zero-order chi connectivity index (χ0) is 29.5. The fourth-order valence-corrected chi connectivity index (χ4v) is 7.92. The Bertz CT molecular complexity index is 2360. The third kappa shape index (κ3) is 3.20. The van der Waals surface area contributed by atoms with E-state index in [1.807, 2.05) is 49.1 Å². The van der Waals surface area contributed by atoms with E-state index in [-0.39, 0.29) is 5.41 Å². The van der Waals surface area contributed by atoms with Gasteiger partial charge in [-0.1, -0.05) is 72.8 Å². The molecule has 3 aromatic heterocycles. The summed E-state index contributed by atoms with van der Waals surface area (Å²) >= 11 is 0. The van der Waals surface area contributed by atoms with E-state index in [0.717, 1.165) is 39.0 Å². The van der Waals surface area contributed by atoms with Crippen LogP contribution in [0, 0.1) is 0 Å². The molecule has 0 unspecified atom stereocenters. The van der Waals surface area contributed by atoms with Crippen molar-refractivity contribution in [2.24, 2.45) is 0 Å². The van der Waals surface area contributed by atoms with E-state index < -0.39 is 0 Å². The second-order valence-corrected chi connectivity index (χ2v) is 11.8. The highest BCUT2D eigenvalue weighted by Crippen LogP contribution is 2.63. The SMILES string of the molecule is c1ccc2c(c1)-c1ccccc1C21c2ccccc2-c2cc3oc4cc(N(c5ccncc5)c5ccncc5)ccc4c3cc21. The molecule has 0 saturated carbocycles. The third-order valence-corrected chi connectivity index (χ3v) is 9.67. The van der Waals surface area contributed by atoms with E-state index in [4.69, 9.17) is 4.42 Å². The van der Waals surface area contributed by atoms with Gasteiger partial charge in [-0.25, -0.2) is 0 Å². The summed E-state index contributed by atoms with van der Waals surface area (Å²) in [6.07, 6.45) is 7.27. The van der Waals surface area contributed by atoms with Crippen molar-refractivity contribution < 1.29 is 4.42 Å². The van der Waals surface area contributed by atoms with Crippen LogP contribution in [0.1, 0.15) is 22.3 Å². The van der Waals surface area contributed by atoms with Crippen LogP contribution in [-0.4, -0.2) is 9.97 Å². The molecule has 0 saturated heterocycles. The summed E-state index contributed by atoms with van der Waals surface area (Å²) < 4.78 is 6.69. The molecule has 45 heavy (non-hydrogen) atoms. The summed E-state index contributed by atoms with van der Waals surface area (Å²) in [4.78, 5) is 10.7. The summed E-state index contributed by atoms with van der Waals surface area (Å²) in [5, 5.41) is 2.23. The molecule has 2 aliphatic rings. The van der Waals surface area contributed by atoms with Crippen molar-refractivity contribution in [2.75, 3.05) is 4.90 Å². The molecule has 5 aromatic carbocycles. The van der Waals surface area contributed by atoms with E-state index in [1.54, 1.807) is 0 Å². The van der Waals surface area contributed by atoms with Crippen molar-refractivity contribution in [1.29, 1.82) is 0 Å². The van der Waals surface area contributed by atoms with Gasteiger partial charge in [-0.05, 0) is 93.0 Å². The molecule has 1 spiro atoms. The van der Waals surface area contributed by atoms with Gasteiger partial charge in [-0.2, -0.15) is 0 Å². The van der Waals surface area contributed by atoms with Gasteiger partial charge in [0, 0.05) is 58.7 Å². The number of hydrogen-bond acceptors (Lipinski definition) is 4. The maximum Gasteiger partial charge on any atom is 0.137 e. The number of anilines is 3. The molecule has 0 atom stereocenters. The van der Waals surface area contributed by atoms with Crippen LogP contribution in [0.15, 0.2) is 157 Å². The number of nitrogens with zero attached hydrogens (tertiary/aromatic N) is 3. The Hall–Kier alpha value is -6.00. The molecule has 0 aliphatic heterocycles.